The number of piperidine rings is 1. The molecule has 0 amide bonds. The summed E-state index contributed by atoms with van der Waals surface area (Å²) in [6, 6.07) is 19.8. The number of pyridine rings is 1. The van der Waals surface area contributed by atoms with Gasteiger partial charge in [0.2, 0.25) is 0 Å². The van der Waals surface area contributed by atoms with E-state index >= 15 is 0 Å². The molecular weight excluding hydrogens is 744 g/mol. The Morgan fingerprint density at radius 2 is 1.58 bits per heavy atom. The van der Waals surface area contributed by atoms with Crippen LogP contribution in [0, 0.1) is 31.1 Å². The van der Waals surface area contributed by atoms with E-state index in [2.05, 4.69) is 48.0 Å². The second kappa shape index (κ2) is 26.3. The van der Waals surface area contributed by atoms with Crippen LogP contribution in [0.1, 0.15) is 87.3 Å². The lowest BCUT2D eigenvalue weighted by Gasteiger charge is -2.29. The summed E-state index contributed by atoms with van der Waals surface area (Å²) in [5, 5.41) is 35.5. The van der Waals surface area contributed by atoms with Gasteiger partial charge in [-0.05, 0) is 86.1 Å². The molecule has 2 heterocycles. The Bertz CT molecular complexity index is 1860. The zero-order chi connectivity index (χ0) is 42.3. The number of ether oxygens (including phenoxy) is 3. The minimum Gasteiger partial charge on any atom is -0.493 e. The van der Waals surface area contributed by atoms with Crippen LogP contribution in [0.2, 0.25) is 5.02 Å². The number of nitriles is 1. The molecule has 1 aliphatic heterocycles. The molecule has 1 unspecified atom stereocenters. The third kappa shape index (κ3) is 15.3. The van der Waals surface area contributed by atoms with Crippen molar-refractivity contribution in [2.75, 3.05) is 32.8 Å². The minimum absolute atomic E-state index is 0.149. The fourth-order valence-electron chi connectivity index (χ4n) is 5.81. The highest BCUT2D eigenvalue weighted by Gasteiger charge is 2.17. The number of aromatic nitrogens is 1. The molecule has 0 aliphatic carbocycles. The van der Waals surface area contributed by atoms with Gasteiger partial charge in [0.1, 0.15) is 36.5 Å². The summed E-state index contributed by atoms with van der Waals surface area (Å²) in [6.07, 6.45) is 5.68. The number of hydrogen-bond donors (Lipinski definition) is 4. The van der Waals surface area contributed by atoms with Crippen LogP contribution in [-0.4, -0.2) is 70.1 Å². The number of likely N-dealkylation sites (tertiary alicyclic amines) is 1. The van der Waals surface area contributed by atoms with Gasteiger partial charge in [0, 0.05) is 55.8 Å². The molecule has 0 spiro atoms. The number of hydrogen-bond acceptors (Lipinski definition) is 10. The highest BCUT2D eigenvalue weighted by atomic mass is 35.5. The Labute approximate surface area is 344 Å². The number of carboxylic acid groups (broad SMARTS) is 1. The van der Waals surface area contributed by atoms with Crippen molar-refractivity contribution < 1.29 is 34.3 Å². The Morgan fingerprint density at radius 1 is 0.930 bits per heavy atom. The average Bonchev–Trinajstić information content (AvgIpc) is 3.24. The molecular formula is C45H61ClN4O7. The van der Waals surface area contributed by atoms with Crippen molar-refractivity contribution in [3.05, 3.63) is 105 Å². The standard InChI is InChI=1S/C37H41ClN4O4.C4H8O3.2C2H6/c1-25-29(24-46-37-18-36(30(20-40)17-34(37)38)45-23-28-16-27(19-39)21-41-22-28)6-3-7-32(25)33-8-4-9-35(26(33)2)44-15-5-12-42-13-10-31(43)11-14-42;1-3(2-5)4(6)7;2*1-2/h3-4,6-9,16-18,21-22,31,43H,5,10-15,20,23-24,40H2,1-2H3;3,5H,2H2,1H3,(H,6,7);2*1-2H3. The number of aliphatic carboxylic acids is 1. The van der Waals surface area contributed by atoms with E-state index in [-0.39, 0.29) is 25.9 Å². The molecule has 0 bridgehead atoms. The quantitative estimate of drug-likeness (QED) is 0.0850. The van der Waals surface area contributed by atoms with Gasteiger partial charge in [-0.25, -0.2) is 0 Å². The van der Waals surface area contributed by atoms with Crippen molar-refractivity contribution in [1.82, 2.24) is 9.88 Å². The number of carbonyl (C=O) groups is 1. The van der Waals surface area contributed by atoms with Crippen LogP contribution < -0.4 is 19.9 Å². The second-order valence-corrected chi connectivity index (χ2v) is 13.5. The lowest BCUT2D eigenvalue weighted by Crippen LogP contribution is -2.36. The van der Waals surface area contributed by atoms with E-state index in [1.165, 1.54) is 13.1 Å². The molecule has 0 saturated carbocycles. The van der Waals surface area contributed by atoms with Gasteiger partial charge in [0.25, 0.3) is 0 Å². The lowest BCUT2D eigenvalue weighted by atomic mass is 9.93. The summed E-state index contributed by atoms with van der Waals surface area (Å²) in [4.78, 5) is 16.3. The number of halogens is 1. The van der Waals surface area contributed by atoms with Crippen LogP contribution in [0.4, 0.5) is 0 Å². The van der Waals surface area contributed by atoms with Gasteiger partial charge in [-0.1, -0.05) is 69.6 Å². The van der Waals surface area contributed by atoms with Crippen molar-refractivity contribution in [3.63, 3.8) is 0 Å². The number of rotatable bonds is 15. The zero-order valence-corrected chi connectivity index (χ0v) is 35.3. The molecule has 1 saturated heterocycles. The van der Waals surface area contributed by atoms with Gasteiger partial charge >= 0.3 is 5.97 Å². The first-order valence-corrected chi connectivity index (χ1v) is 20.1. The smallest absolute Gasteiger partial charge is 0.308 e. The summed E-state index contributed by atoms with van der Waals surface area (Å²) in [5.74, 6) is 0.372. The predicted octanol–water partition coefficient (Wildman–Crippen LogP) is 8.48. The highest BCUT2D eigenvalue weighted by molar-refractivity contribution is 6.32. The average molecular weight is 805 g/mol. The SMILES string of the molecule is CC.CC.CC(CO)C(=O)O.Cc1c(COc2cc(OCc3cncc(C#N)c3)c(CN)cc2Cl)cccc1-c1cccc(OCCCN2CCC(O)CC2)c1C. The van der Waals surface area contributed by atoms with E-state index < -0.39 is 11.9 Å². The summed E-state index contributed by atoms with van der Waals surface area (Å²) < 4.78 is 18.5. The van der Waals surface area contributed by atoms with E-state index in [9.17, 15) is 9.90 Å². The van der Waals surface area contributed by atoms with Crippen molar-refractivity contribution >= 4 is 17.6 Å². The molecule has 0 radical (unpaired) electrons. The number of nitrogens with zero attached hydrogens (tertiary/aromatic N) is 3. The van der Waals surface area contributed by atoms with Gasteiger partial charge < -0.3 is 40.2 Å². The fraction of sp³-hybridized carbons (Fsp3) is 0.444. The van der Waals surface area contributed by atoms with E-state index in [0.29, 0.717) is 35.3 Å². The van der Waals surface area contributed by atoms with Gasteiger partial charge in [-0.2, -0.15) is 5.26 Å². The number of benzene rings is 3. The lowest BCUT2D eigenvalue weighted by molar-refractivity contribution is -0.142. The Kier molecular flexibility index (Phi) is 22.3. The van der Waals surface area contributed by atoms with Crippen LogP contribution in [0.3, 0.4) is 0 Å². The first-order chi connectivity index (χ1) is 27.5. The maximum atomic E-state index is 9.77. The van der Waals surface area contributed by atoms with Crippen molar-refractivity contribution in [2.24, 2.45) is 11.7 Å². The molecule has 11 nitrogen and oxygen atoms in total. The molecule has 5 N–H and O–H groups in total. The maximum Gasteiger partial charge on any atom is 0.308 e. The van der Waals surface area contributed by atoms with E-state index in [0.717, 1.165) is 83.6 Å². The van der Waals surface area contributed by atoms with E-state index in [1.807, 2.05) is 45.9 Å². The summed E-state index contributed by atoms with van der Waals surface area (Å²) in [5.41, 5.74) is 13.5. The third-order valence-electron chi connectivity index (χ3n) is 9.19. The molecule has 310 valence electrons. The molecule has 1 atom stereocenters. The Morgan fingerprint density at radius 3 is 2.19 bits per heavy atom. The van der Waals surface area contributed by atoms with Crippen LogP contribution in [0.15, 0.2) is 67.0 Å². The molecule has 1 fully saturated rings. The first-order valence-electron chi connectivity index (χ1n) is 19.7. The topological polar surface area (TPSA) is 171 Å². The predicted molar refractivity (Wildman–Crippen MR) is 227 cm³/mol. The largest absolute Gasteiger partial charge is 0.493 e. The van der Waals surface area contributed by atoms with Crippen LogP contribution in [0.5, 0.6) is 17.2 Å². The molecule has 5 rings (SSSR count). The van der Waals surface area contributed by atoms with Crippen LogP contribution >= 0.6 is 11.6 Å². The number of nitrogens with two attached hydrogens (primary N) is 1. The maximum absolute atomic E-state index is 9.77. The molecule has 4 aromatic rings. The van der Waals surface area contributed by atoms with Gasteiger partial charge in [-0.3, -0.25) is 9.78 Å². The zero-order valence-electron chi connectivity index (χ0n) is 34.6. The van der Waals surface area contributed by atoms with Crippen LogP contribution in [-0.2, 0) is 24.6 Å². The Balaban J connectivity index is 0.000000909. The first kappa shape index (κ1) is 48.4. The molecule has 1 aliphatic rings. The van der Waals surface area contributed by atoms with Gasteiger partial charge in [0.05, 0.1) is 35.8 Å². The highest BCUT2D eigenvalue weighted by Crippen LogP contribution is 2.36. The second-order valence-electron chi connectivity index (χ2n) is 13.1. The van der Waals surface area contributed by atoms with E-state index in [1.54, 1.807) is 24.4 Å². The number of aliphatic hydroxyl groups is 2. The molecule has 12 heteroatoms. The van der Waals surface area contributed by atoms with Gasteiger partial charge in [-0.15, -0.1) is 0 Å². The Hall–Kier alpha value is -4.70. The van der Waals surface area contributed by atoms with E-state index in [4.69, 9.17) is 47.0 Å². The van der Waals surface area contributed by atoms with Crippen LogP contribution in [0.25, 0.3) is 11.1 Å². The normalized spacial score (nSPS) is 12.9. The summed E-state index contributed by atoms with van der Waals surface area (Å²) >= 11 is 6.60. The van der Waals surface area contributed by atoms with Gasteiger partial charge in [0.15, 0.2) is 0 Å². The number of aliphatic hydroxyl groups excluding tert-OH is 2. The molecule has 1 aromatic heterocycles. The van der Waals surface area contributed by atoms with Crippen molar-refractivity contribution in [3.8, 4) is 34.4 Å². The third-order valence-corrected chi connectivity index (χ3v) is 9.48. The monoisotopic (exact) mass is 804 g/mol. The van der Waals surface area contributed by atoms with Crippen molar-refractivity contribution in [2.45, 2.75) is 93.6 Å². The minimum atomic E-state index is -0.956. The summed E-state index contributed by atoms with van der Waals surface area (Å²) in [6.45, 7) is 17.7. The fourth-order valence-corrected chi connectivity index (χ4v) is 6.05. The number of carboxylic acids is 1. The summed E-state index contributed by atoms with van der Waals surface area (Å²) in [7, 11) is 0. The van der Waals surface area contributed by atoms with Crippen molar-refractivity contribution in [1.29, 1.82) is 5.26 Å². The molecule has 57 heavy (non-hydrogen) atoms. The molecule has 3 aromatic carbocycles.